The first kappa shape index (κ1) is 77.6. The molecule has 26 aliphatic rings. The fraction of sp³-hybridized carbons (Fsp3) is 0.491. The average molecular weight is 1760 g/mol. The Morgan fingerprint density at radius 3 is 1.22 bits per heavy atom. The maximum atomic E-state index is 12.3. The van der Waals surface area contributed by atoms with E-state index in [1.807, 2.05) is 0 Å². The van der Waals surface area contributed by atoms with E-state index < -0.39 is 41.3 Å². The van der Waals surface area contributed by atoms with Crippen molar-refractivity contribution in [1.82, 2.24) is 27.6 Å². The van der Waals surface area contributed by atoms with Crippen LogP contribution >= 0.6 is 0 Å². The number of aromatic nitrogens is 4. The van der Waals surface area contributed by atoms with Crippen molar-refractivity contribution in [2.24, 2.45) is 131 Å². The Hall–Kier alpha value is -10.0. The number of fused-ring (bicyclic) bond motifs is 32. The molecule has 14 fully saturated rings. The molecule has 0 spiro atoms. The summed E-state index contributed by atoms with van der Waals surface area (Å²) in [6.45, 7) is 12.0. The number of H-pyrrole nitrogens is 2. The second-order valence-electron chi connectivity index (χ2n) is 44.9. The van der Waals surface area contributed by atoms with Gasteiger partial charge >= 0.3 is 17.8 Å². The molecule has 8 aliphatic heterocycles. The smallest absolute Gasteiger partial charge is 0.390 e. The number of aliphatic hydroxyl groups is 2. The summed E-state index contributed by atoms with van der Waals surface area (Å²) in [4.78, 5) is 64.7. The Balaban J connectivity index is 0.000000128. The highest BCUT2D eigenvalue weighted by molar-refractivity contribution is 6.67. The number of allylic oxidation sites excluding steroid dienone is 4. The zero-order valence-corrected chi connectivity index (χ0v) is 76.8. The van der Waals surface area contributed by atoms with Crippen LogP contribution in [0.4, 0.5) is 23.3 Å². The molecule has 24 bridgehead atoms. The van der Waals surface area contributed by atoms with Crippen LogP contribution in [0.25, 0.3) is 33.7 Å². The highest BCUT2D eigenvalue weighted by Crippen LogP contribution is 2.67. The van der Waals surface area contributed by atoms with Crippen molar-refractivity contribution in [3.8, 4) is 0 Å². The quantitative estimate of drug-likeness (QED) is 0.0854. The molecule has 12 atom stereocenters. The molecule has 8 aromatic rings. The van der Waals surface area contributed by atoms with Gasteiger partial charge in [-0.25, -0.2) is 49.9 Å². The molecule has 22 nitrogen and oxygen atoms in total. The van der Waals surface area contributed by atoms with Gasteiger partial charge in [-0.05, 0) is 248 Å². The Morgan fingerprint density at radius 2 is 0.800 bits per heavy atom. The lowest BCUT2D eigenvalue weighted by atomic mass is 9.46. The van der Waals surface area contributed by atoms with Gasteiger partial charge in [-0.1, -0.05) is 173 Å². The van der Waals surface area contributed by atoms with E-state index in [1.165, 1.54) is 56.9 Å². The van der Waals surface area contributed by atoms with Crippen LogP contribution in [-0.4, -0.2) is 128 Å². The topological polar surface area (TPSA) is 249 Å². The van der Waals surface area contributed by atoms with Gasteiger partial charge in [-0.3, -0.25) is 17.6 Å². The summed E-state index contributed by atoms with van der Waals surface area (Å²) in [6, 6.07) is 34.7. The normalized spacial score (nSPS) is 35.7. The van der Waals surface area contributed by atoms with Crippen molar-refractivity contribution < 1.29 is 27.9 Å². The second-order valence-corrected chi connectivity index (χ2v) is 50.1. The molecule has 24 heteroatoms. The zero-order valence-electron chi connectivity index (χ0n) is 74.8. The summed E-state index contributed by atoms with van der Waals surface area (Å²) in [7, 11) is -8.41. The third-order valence-electron chi connectivity index (χ3n) is 36.6. The highest BCUT2D eigenvalue weighted by Gasteiger charge is 2.68. The third-order valence-corrected chi connectivity index (χ3v) is 42.9. The van der Waals surface area contributed by atoms with E-state index in [0.717, 1.165) is 273 Å². The van der Waals surface area contributed by atoms with Crippen molar-refractivity contribution in [1.29, 1.82) is 0 Å². The monoisotopic (exact) mass is 1760 g/mol. The Bertz CT molecular complexity index is 6960. The predicted molar refractivity (Wildman–Crippen MR) is 506 cm³/mol. The minimum atomic E-state index is -4.32. The third kappa shape index (κ3) is 11.1. The summed E-state index contributed by atoms with van der Waals surface area (Å²) in [5.41, 5.74) is 14.9. The van der Waals surface area contributed by atoms with Gasteiger partial charge in [0.2, 0.25) is 0 Å². The Labute approximate surface area is 758 Å². The maximum Gasteiger partial charge on any atom is 0.599 e. The van der Waals surface area contributed by atoms with Crippen molar-refractivity contribution in [3.05, 3.63) is 222 Å². The minimum absolute atomic E-state index is 0.221. The zero-order chi connectivity index (χ0) is 86.1. The number of nitrogens with zero attached hydrogens (tertiary/aromatic N) is 14. The number of amidine groups is 6. The lowest BCUT2D eigenvalue weighted by molar-refractivity contribution is -0.182. The number of hydrogen-bond donors (Lipinski definition) is 4. The molecule has 660 valence electrons. The molecule has 0 amide bonds. The van der Waals surface area contributed by atoms with E-state index in [-0.39, 0.29) is 10.8 Å². The fourth-order valence-corrected chi connectivity index (χ4v) is 38.5. The molecule has 12 unspecified atom stereocenters. The van der Waals surface area contributed by atoms with Gasteiger partial charge in [0.25, 0.3) is 0 Å². The maximum absolute atomic E-state index is 12.3. The molecule has 0 saturated heterocycles. The van der Waals surface area contributed by atoms with Crippen LogP contribution in [0.2, 0.25) is 0 Å². The molecule has 12 heterocycles. The second kappa shape index (κ2) is 27.4. The largest absolute Gasteiger partial charge is 0.599 e. The van der Waals surface area contributed by atoms with Crippen LogP contribution in [0.15, 0.2) is 206 Å². The van der Waals surface area contributed by atoms with Gasteiger partial charge in [-0.15, -0.1) is 0 Å². The Morgan fingerprint density at radius 1 is 0.408 bits per heavy atom. The SMILES string of the molecule is CC1(C)C2CCC(CO[Si]3(OCC4CCC5CC4C5(C)C)N4C5=Nc6[nH]c(c7c6C=CCC7)N=c6c7ccccc7c(n63)=NC3=NC(=NC4c4ccccc45)C4=C3C=CCC4)C1C2.OC12CC3CC(C1)CC(CO[Si]1(OCC45CC6CC(CC(O)(C6)C4)C5)N4C5=Nc6[nH]c(c7c6C=CCC7)N=c6c7ccccc7c(n61)=NC1=NC(=NC4c4ccccc45)C4=C1C=CCC4)(C3)C2. The highest BCUT2D eigenvalue weighted by atomic mass is 28.4. The van der Waals surface area contributed by atoms with Crippen LogP contribution in [0.5, 0.6) is 0 Å². The minimum Gasteiger partial charge on any atom is -0.390 e. The van der Waals surface area contributed by atoms with Crippen molar-refractivity contribution >= 4 is 110 Å². The van der Waals surface area contributed by atoms with E-state index >= 15 is 0 Å². The van der Waals surface area contributed by atoms with Crippen LogP contribution < -0.4 is 22.0 Å². The molecule has 34 rings (SSSR count). The summed E-state index contributed by atoms with van der Waals surface area (Å²) in [5.74, 6) is 13.2. The lowest BCUT2D eigenvalue weighted by Crippen LogP contribution is -2.72. The van der Waals surface area contributed by atoms with E-state index in [9.17, 15) is 10.2 Å². The van der Waals surface area contributed by atoms with Crippen molar-refractivity contribution in [2.75, 3.05) is 26.4 Å². The lowest BCUT2D eigenvalue weighted by Gasteiger charge is -2.61. The van der Waals surface area contributed by atoms with Gasteiger partial charge < -0.3 is 37.9 Å². The van der Waals surface area contributed by atoms with Crippen LogP contribution in [0, 0.1) is 80.8 Å². The van der Waals surface area contributed by atoms with E-state index in [1.54, 1.807) is 0 Å². The molecule has 4 N–H and O–H groups in total. The van der Waals surface area contributed by atoms with E-state index in [4.69, 9.17) is 67.6 Å². The van der Waals surface area contributed by atoms with Gasteiger partial charge in [-0.2, -0.15) is 0 Å². The molecule has 4 aromatic heterocycles. The number of aliphatic imine (C=N–C) groups is 6. The number of aromatic amines is 2. The summed E-state index contributed by atoms with van der Waals surface area (Å²) in [6.07, 6.45) is 42.8. The van der Waals surface area contributed by atoms with Crippen molar-refractivity contribution in [3.63, 3.8) is 0 Å². The first-order valence-electron chi connectivity index (χ1n) is 49.4. The van der Waals surface area contributed by atoms with Gasteiger partial charge in [0.15, 0.2) is 23.3 Å². The van der Waals surface area contributed by atoms with Gasteiger partial charge in [0.05, 0.1) is 11.2 Å². The fourth-order valence-electron chi connectivity index (χ4n) is 31.4. The molecular formula is C106H112N16O6Si2. The van der Waals surface area contributed by atoms with Gasteiger partial charge in [0, 0.05) is 115 Å². The molecule has 18 aliphatic carbocycles. The molecule has 130 heavy (non-hydrogen) atoms. The van der Waals surface area contributed by atoms with Crippen LogP contribution in [0.1, 0.15) is 239 Å². The Kier molecular flexibility index (Phi) is 16.3. The van der Waals surface area contributed by atoms with Crippen LogP contribution in [-0.2, 0) is 30.5 Å². The number of benzene rings is 4. The van der Waals surface area contributed by atoms with Crippen molar-refractivity contribution in [2.45, 2.75) is 218 Å². The average Bonchev–Trinajstić information content (AvgIpc) is 1.53. The van der Waals surface area contributed by atoms with E-state index in [2.05, 4.69) is 201 Å². The summed E-state index contributed by atoms with van der Waals surface area (Å²) >= 11 is 0. The van der Waals surface area contributed by atoms with Crippen LogP contribution in [0.3, 0.4) is 0 Å². The first-order valence-corrected chi connectivity index (χ1v) is 52.8. The number of nitrogens with one attached hydrogen (secondary N) is 2. The summed E-state index contributed by atoms with van der Waals surface area (Å²) < 4.78 is 42.5. The molecule has 14 saturated carbocycles. The van der Waals surface area contributed by atoms with E-state index in [0.29, 0.717) is 102 Å². The predicted octanol–water partition coefficient (Wildman–Crippen LogP) is 18.2. The van der Waals surface area contributed by atoms with Gasteiger partial charge in [0.1, 0.15) is 69.2 Å². The molecular weight excluding hydrogens is 1650 g/mol. The summed E-state index contributed by atoms with van der Waals surface area (Å²) in [5, 5.41) is 28.5. The number of hydrogen-bond acceptors (Lipinski definition) is 18. The number of rotatable bonds is 12. The molecule has 4 aromatic carbocycles. The first-order chi connectivity index (χ1) is 63.3. The standard InChI is InChI=1S/C54H56N8O4Si.C52H56N8O2Si/c63-53-23-31-17-32(24-53)20-51(19-31,27-53)29-65-67(66-30-52-21-33-18-34(22-52)26-54(64,25-33)28-52)61-47-39-13-5-6-14-40(39)49(61)59-45-37-11-3-4-12-38(37)46(56-45)60-50-42-16-8-7-15-41(42)48(62(50)67)58-44-36-10-2-1-9-35(36)43(55-44)57-47;1-51(2)31-23-21-29(41(51)25-31)27-61-63(62-28-30-22-24-32-26-42(30)52(32,3)4)59-47-37-17-9-10-18-38(37)49(59)57-45-35-15-7-8-16-36(35)46(54-45)58-50-40-20-12-11-19-39(40)48(60(50)63)56-44-34-14-6-5-13-33(34)43(53-44)55-47/h1,4-9,12-16,31-34,48,56,63-64H,2-3,10-11,17-30H2;5,8-13,16-20,29-32,41-42,48,54H,6-7,14-15,21-28H2,1-4H3. The molecule has 0 radical (unpaired) electrons.